The van der Waals surface area contributed by atoms with Gasteiger partial charge < -0.3 is 9.47 Å². The highest BCUT2D eigenvalue weighted by atomic mass is 31.2. The molecule has 0 atom stereocenters. The summed E-state index contributed by atoms with van der Waals surface area (Å²) in [5, 5.41) is 6.57. The Bertz CT molecular complexity index is 1550. The van der Waals surface area contributed by atoms with Gasteiger partial charge in [0.1, 0.15) is 23.0 Å². The predicted molar refractivity (Wildman–Crippen MR) is 180 cm³/mol. The molecule has 4 aromatic rings. The van der Waals surface area contributed by atoms with Crippen molar-refractivity contribution in [3.63, 3.8) is 0 Å². The van der Waals surface area contributed by atoms with E-state index in [9.17, 15) is 9.13 Å². The van der Waals surface area contributed by atoms with Gasteiger partial charge in [-0.3, -0.25) is 19.3 Å². The number of rotatable bonds is 11. The number of hydrogen-bond acceptors (Lipinski definition) is 4. The Morgan fingerprint density at radius 1 is 0.409 bits per heavy atom. The second-order valence-electron chi connectivity index (χ2n) is 10.6. The lowest BCUT2D eigenvalue weighted by Gasteiger charge is -2.24. The minimum absolute atomic E-state index is 0.527. The zero-order valence-electron chi connectivity index (χ0n) is 24.2. The summed E-state index contributed by atoms with van der Waals surface area (Å²) in [6.45, 7) is 1.05. The molecule has 0 fully saturated rings. The van der Waals surface area contributed by atoms with Crippen molar-refractivity contribution in [2.75, 3.05) is 13.1 Å². The molecule has 0 bridgehead atoms. The third kappa shape index (κ3) is 7.48. The highest BCUT2D eigenvalue weighted by molar-refractivity contribution is 7.69. The van der Waals surface area contributed by atoms with Gasteiger partial charge >= 0.3 is 0 Å². The second kappa shape index (κ2) is 13.6. The SMILES string of the molecule is O=P1(NCCCCNP2(=O)C=C(c3ccccc3)OC(c3ccccc3)=C2)C=C(c2ccccc2)OC(c2ccccc2)=C1. The normalized spacial score (nSPS) is 16.8. The van der Waals surface area contributed by atoms with E-state index in [0.29, 0.717) is 36.1 Å². The Morgan fingerprint density at radius 2 is 0.659 bits per heavy atom. The van der Waals surface area contributed by atoms with E-state index in [-0.39, 0.29) is 0 Å². The molecule has 222 valence electrons. The van der Waals surface area contributed by atoms with Gasteiger partial charge in [0, 0.05) is 58.6 Å². The molecule has 0 saturated heterocycles. The minimum Gasteiger partial charge on any atom is -0.456 e. The zero-order valence-corrected chi connectivity index (χ0v) is 26.0. The average Bonchev–Trinajstić information content (AvgIpc) is 3.07. The molecule has 6 nitrogen and oxygen atoms in total. The maximum Gasteiger partial charge on any atom is 0.198 e. The maximum atomic E-state index is 14.0. The summed E-state index contributed by atoms with van der Waals surface area (Å²) in [6, 6.07) is 38.8. The van der Waals surface area contributed by atoms with Gasteiger partial charge in [-0.2, -0.15) is 0 Å². The number of unbranched alkanes of at least 4 members (excludes halogenated alkanes) is 1. The lowest BCUT2D eigenvalue weighted by Crippen LogP contribution is -2.16. The quantitative estimate of drug-likeness (QED) is 0.128. The molecule has 0 aromatic heterocycles. The molecule has 2 aliphatic heterocycles. The molecule has 0 aliphatic carbocycles. The first-order chi connectivity index (χ1) is 21.5. The van der Waals surface area contributed by atoms with E-state index in [4.69, 9.17) is 9.47 Å². The fourth-order valence-corrected chi connectivity index (χ4v) is 8.73. The van der Waals surface area contributed by atoms with E-state index in [1.54, 1.807) is 23.3 Å². The highest BCUT2D eigenvalue weighted by Gasteiger charge is 2.28. The zero-order chi connectivity index (χ0) is 30.2. The van der Waals surface area contributed by atoms with Crippen molar-refractivity contribution < 1.29 is 18.6 Å². The summed E-state index contributed by atoms with van der Waals surface area (Å²) < 4.78 is 40.5. The first-order valence-corrected chi connectivity index (χ1v) is 18.4. The Morgan fingerprint density at radius 3 is 0.909 bits per heavy atom. The summed E-state index contributed by atoms with van der Waals surface area (Å²) in [5.41, 5.74) is 3.47. The van der Waals surface area contributed by atoms with Crippen LogP contribution in [0.2, 0.25) is 0 Å². The van der Waals surface area contributed by atoms with Crippen LogP contribution in [-0.4, -0.2) is 13.1 Å². The summed E-state index contributed by atoms with van der Waals surface area (Å²) >= 11 is 0. The van der Waals surface area contributed by atoms with E-state index in [1.807, 2.05) is 121 Å². The van der Waals surface area contributed by atoms with Gasteiger partial charge in [-0.05, 0) is 12.8 Å². The lowest BCUT2D eigenvalue weighted by atomic mass is 10.2. The highest BCUT2D eigenvalue weighted by Crippen LogP contribution is 2.54. The van der Waals surface area contributed by atoms with E-state index in [1.165, 1.54) is 0 Å². The third-order valence-corrected chi connectivity index (χ3v) is 11.1. The Labute approximate surface area is 258 Å². The monoisotopic (exact) mass is 620 g/mol. The van der Waals surface area contributed by atoms with Crippen molar-refractivity contribution in [3.05, 3.63) is 167 Å². The van der Waals surface area contributed by atoms with Crippen LogP contribution in [0.3, 0.4) is 0 Å². The van der Waals surface area contributed by atoms with Gasteiger partial charge in [0.2, 0.25) is 0 Å². The second-order valence-corrected chi connectivity index (χ2v) is 15.1. The van der Waals surface area contributed by atoms with E-state index in [0.717, 1.165) is 35.1 Å². The molecule has 0 radical (unpaired) electrons. The van der Waals surface area contributed by atoms with Crippen LogP contribution >= 0.6 is 14.6 Å². The molecule has 0 saturated carbocycles. The molecule has 0 amide bonds. The largest absolute Gasteiger partial charge is 0.456 e. The van der Waals surface area contributed by atoms with E-state index < -0.39 is 14.6 Å². The minimum atomic E-state index is -3.04. The van der Waals surface area contributed by atoms with Crippen LogP contribution in [0, 0.1) is 0 Å². The number of hydrogen-bond donors (Lipinski definition) is 2. The van der Waals surface area contributed by atoms with Crippen molar-refractivity contribution >= 4 is 37.6 Å². The summed E-state index contributed by atoms with van der Waals surface area (Å²) in [5.74, 6) is 9.12. The summed E-state index contributed by atoms with van der Waals surface area (Å²) in [4.78, 5) is 0. The predicted octanol–water partition coefficient (Wildman–Crippen LogP) is 9.56. The van der Waals surface area contributed by atoms with E-state index in [2.05, 4.69) is 10.2 Å². The van der Waals surface area contributed by atoms with Gasteiger partial charge in [-0.1, -0.05) is 121 Å². The Hall–Kier alpha value is -4.18. The topological polar surface area (TPSA) is 76.7 Å². The van der Waals surface area contributed by atoms with Gasteiger partial charge in [0.15, 0.2) is 14.6 Å². The molecule has 8 heteroatoms. The van der Waals surface area contributed by atoms with Crippen molar-refractivity contribution in [1.82, 2.24) is 10.2 Å². The number of benzene rings is 4. The average molecular weight is 621 g/mol. The first kappa shape index (κ1) is 29.9. The standard InChI is InChI=1S/C36H34N2O4P2/c39-43(25-33(29-15-5-1-6-16-29)41-34(26-43)30-17-7-2-8-18-30)37-23-13-14-24-38-44(40)27-35(31-19-9-3-10-20-31)42-36(28-44)32-21-11-4-12-22-32/h1-12,15-22,25-28H,13-14,23-24H2,(H,37,39)(H,38,40). The summed E-state index contributed by atoms with van der Waals surface area (Å²) in [6.07, 6.45) is 1.48. The smallest absolute Gasteiger partial charge is 0.198 e. The molecule has 44 heavy (non-hydrogen) atoms. The Kier molecular flexibility index (Phi) is 9.26. The molecular formula is C36H34N2O4P2. The van der Waals surface area contributed by atoms with Gasteiger partial charge in [0.05, 0.1) is 0 Å². The molecular weight excluding hydrogens is 586 g/mol. The van der Waals surface area contributed by atoms with E-state index >= 15 is 0 Å². The van der Waals surface area contributed by atoms with Gasteiger partial charge in [0.25, 0.3) is 0 Å². The van der Waals surface area contributed by atoms with Crippen LogP contribution in [0.25, 0.3) is 23.0 Å². The first-order valence-electron chi connectivity index (χ1n) is 14.7. The van der Waals surface area contributed by atoms with Crippen molar-refractivity contribution in [2.45, 2.75) is 12.8 Å². The van der Waals surface area contributed by atoms with Crippen LogP contribution in [0.1, 0.15) is 35.1 Å². The van der Waals surface area contributed by atoms with Crippen LogP contribution in [0.15, 0.2) is 145 Å². The maximum absolute atomic E-state index is 14.0. The molecule has 2 N–H and O–H groups in total. The molecule has 2 aliphatic rings. The fraction of sp³-hybridized carbons (Fsp3) is 0.111. The van der Waals surface area contributed by atoms with Crippen LogP contribution in [0.5, 0.6) is 0 Å². The van der Waals surface area contributed by atoms with Gasteiger partial charge in [-0.25, -0.2) is 0 Å². The fourth-order valence-electron chi connectivity index (χ4n) is 5.00. The number of ether oxygens (including phenoxy) is 2. The molecule has 0 unspecified atom stereocenters. The molecule has 2 heterocycles. The lowest BCUT2D eigenvalue weighted by molar-refractivity contribution is 0.467. The molecule has 6 rings (SSSR count). The number of nitrogens with one attached hydrogen (secondary N) is 2. The van der Waals surface area contributed by atoms with Crippen molar-refractivity contribution in [2.24, 2.45) is 0 Å². The Balaban J connectivity index is 1.11. The van der Waals surface area contributed by atoms with Gasteiger partial charge in [-0.15, -0.1) is 0 Å². The van der Waals surface area contributed by atoms with Crippen molar-refractivity contribution in [1.29, 1.82) is 0 Å². The molecule has 0 spiro atoms. The summed E-state index contributed by atoms with van der Waals surface area (Å²) in [7, 11) is -6.08. The van der Waals surface area contributed by atoms with Crippen LogP contribution in [0.4, 0.5) is 0 Å². The van der Waals surface area contributed by atoms with Crippen LogP contribution < -0.4 is 10.2 Å². The molecule has 4 aromatic carbocycles. The van der Waals surface area contributed by atoms with Crippen LogP contribution in [-0.2, 0) is 18.6 Å². The van der Waals surface area contributed by atoms with Crippen molar-refractivity contribution in [3.8, 4) is 0 Å². The third-order valence-electron chi connectivity index (χ3n) is 7.23.